The quantitative estimate of drug-likeness (QED) is 0.643. The number of nitrogens with zero attached hydrogens (tertiary/aromatic N) is 4. The molecule has 0 aromatic carbocycles. The third-order valence-electron chi connectivity index (χ3n) is 3.68. The Labute approximate surface area is 164 Å². The van der Waals surface area contributed by atoms with Crippen LogP contribution in [-0.4, -0.2) is 26.5 Å². The molecule has 0 fully saturated rings. The van der Waals surface area contributed by atoms with Crippen molar-refractivity contribution in [3.8, 4) is 16.5 Å². The van der Waals surface area contributed by atoms with Crippen molar-refractivity contribution < 1.29 is 4.74 Å². The number of pyridine rings is 1. The average molecular weight is 384 g/mol. The van der Waals surface area contributed by atoms with Crippen LogP contribution in [0.25, 0.3) is 10.6 Å². The van der Waals surface area contributed by atoms with E-state index < -0.39 is 0 Å². The fraction of sp³-hybridized carbons (Fsp3) is 0.400. The van der Waals surface area contributed by atoms with Crippen molar-refractivity contribution in [1.29, 1.82) is 0 Å². The normalized spacial score (nSPS) is 11.4. The van der Waals surface area contributed by atoms with Crippen LogP contribution >= 0.6 is 11.3 Å². The van der Waals surface area contributed by atoms with Gasteiger partial charge in [0, 0.05) is 12.3 Å². The van der Waals surface area contributed by atoms with E-state index in [4.69, 9.17) is 4.74 Å². The topological polar surface area (TPSA) is 72.8 Å². The van der Waals surface area contributed by atoms with Crippen LogP contribution in [0.4, 0.5) is 11.6 Å². The molecular formula is C20H25N5OS. The summed E-state index contributed by atoms with van der Waals surface area (Å²) >= 11 is 1.68. The van der Waals surface area contributed by atoms with E-state index in [1.54, 1.807) is 23.7 Å². The van der Waals surface area contributed by atoms with Crippen LogP contribution in [0.2, 0.25) is 0 Å². The van der Waals surface area contributed by atoms with Gasteiger partial charge < -0.3 is 10.1 Å². The standard InChI is InChI=1S/C20H25N5OS/c1-6-17-23-13(2)18(27-17)15-9-10-21-19(25-15)24-14-7-8-16(22-11-14)26-12-20(3,4)5/h7-11H,6,12H2,1-5H3,(H,21,24,25). The molecule has 0 radical (unpaired) electrons. The third kappa shape index (κ3) is 5.23. The van der Waals surface area contributed by atoms with E-state index in [1.165, 1.54) is 0 Å². The second-order valence-corrected chi connectivity index (χ2v) is 8.58. The molecule has 142 valence electrons. The van der Waals surface area contributed by atoms with E-state index in [1.807, 2.05) is 25.1 Å². The maximum absolute atomic E-state index is 5.70. The highest BCUT2D eigenvalue weighted by molar-refractivity contribution is 7.15. The summed E-state index contributed by atoms with van der Waals surface area (Å²) in [6.07, 6.45) is 4.40. The van der Waals surface area contributed by atoms with Gasteiger partial charge in [0.25, 0.3) is 0 Å². The minimum Gasteiger partial charge on any atom is -0.477 e. The highest BCUT2D eigenvalue weighted by Crippen LogP contribution is 2.29. The maximum Gasteiger partial charge on any atom is 0.227 e. The van der Waals surface area contributed by atoms with E-state index in [2.05, 4.69) is 52.9 Å². The van der Waals surface area contributed by atoms with Gasteiger partial charge in [-0.15, -0.1) is 11.3 Å². The molecule has 6 nitrogen and oxygen atoms in total. The van der Waals surface area contributed by atoms with Crippen molar-refractivity contribution in [1.82, 2.24) is 19.9 Å². The molecule has 0 atom stereocenters. The summed E-state index contributed by atoms with van der Waals surface area (Å²) in [4.78, 5) is 18.9. The highest BCUT2D eigenvalue weighted by Gasteiger charge is 2.12. The lowest BCUT2D eigenvalue weighted by Crippen LogP contribution is -2.17. The van der Waals surface area contributed by atoms with Gasteiger partial charge in [0.1, 0.15) is 0 Å². The van der Waals surface area contributed by atoms with Crippen LogP contribution in [0, 0.1) is 12.3 Å². The molecule has 0 aliphatic rings. The maximum atomic E-state index is 5.70. The Morgan fingerprint density at radius 1 is 1.11 bits per heavy atom. The first-order chi connectivity index (χ1) is 12.8. The van der Waals surface area contributed by atoms with Gasteiger partial charge in [0.2, 0.25) is 11.8 Å². The summed E-state index contributed by atoms with van der Waals surface area (Å²) in [7, 11) is 0. The molecule has 0 saturated carbocycles. The molecule has 3 aromatic rings. The monoisotopic (exact) mass is 383 g/mol. The summed E-state index contributed by atoms with van der Waals surface area (Å²) < 4.78 is 5.70. The van der Waals surface area contributed by atoms with Gasteiger partial charge in [-0.2, -0.15) is 0 Å². The fourth-order valence-corrected chi connectivity index (χ4v) is 3.32. The Balaban J connectivity index is 1.72. The number of thiazole rings is 1. The molecule has 3 rings (SSSR count). The predicted molar refractivity (Wildman–Crippen MR) is 110 cm³/mol. The molecule has 1 N–H and O–H groups in total. The molecule has 3 heterocycles. The Morgan fingerprint density at radius 3 is 2.56 bits per heavy atom. The van der Waals surface area contributed by atoms with Crippen molar-refractivity contribution in [2.24, 2.45) is 5.41 Å². The molecule has 0 bridgehead atoms. The molecule has 0 aliphatic carbocycles. The molecule has 0 aliphatic heterocycles. The zero-order valence-corrected chi connectivity index (χ0v) is 17.2. The van der Waals surface area contributed by atoms with Crippen LogP contribution in [0.5, 0.6) is 5.88 Å². The van der Waals surface area contributed by atoms with Gasteiger partial charge in [-0.1, -0.05) is 27.7 Å². The van der Waals surface area contributed by atoms with Gasteiger partial charge in [-0.25, -0.2) is 19.9 Å². The molecule has 0 amide bonds. The van der Waals surface area contributed by atoms with Crippen molar-refractivity contribution >= 4 is 23.0 Å². The third-order valence-corrected chi connectivity index (χ3v) is 5.00. The van der Waals surface area contributed by atoms with E-state index in [9.17, 15) is 0 Å². The molecule has 0 saturated heterocycles. The SMILES string of the molecule is CCc1nc(C)c(-c2ccnc(Nc3ccc(OCC(C)(C)C)nc3)n2)s1. The number of hydrogen-bond acceptors (Lipinski definition) is 7. The summed E-state index contributed by atoms with van der Waals surface area (Å²) in [5.74, 6) is 1.14. The summed E-state index contributed by atoms with van der Waals surface area (Å²) in [6.45, 7) is 11.1. The number of ether oxygens (including phenoxy) is 1. The number of aryl methyl sites for hydroxylation is 2. The van der Waals surface area contributed by atoms with Crippen molar-refractivity contribution in [2.45, 2.75) is 41.0 Å². The Kier molecular flexibility index (Phi) is 5.70. The average Bonchev–Trinajstić information content (AvgIpc) is 3.02. The van der Waals surface area contributed by atoms with Gasteiger partial charge in [0.15, 0.2) is 0 Å². The van der Waals surface area contributed by atoms with E-state index >= 15 is 0 Å². The van der Waals surface area contributed by atoms with Gasteiger partial charge in [0.05, 0.1) is 39.8 Å². The fourth-order valence-electron chi connectivity index (χ4n) is 2.35. The lowest BCUT2D eigenvalue weighted by atomic mass is 9.99. The molecule has 0 unspecified atom stereocenters. The lowest BCUT2D eigenvalue weighted by Gasteiger charge is -2.18. The second kappa shape index (κ2) is 8.00. The zero-order valence-electron chi connectivity index (χ0n) is 16.4. The number of rotatable bonds is 6. The Bertz CT molecular complexity index is 899. The van der Waals surface area contributed by atoms with E-state index in [-0.39, 0.29) is 5.41 Å². The number of anilines is 2. The number of nitrogens with one attached hydrogen (secondary N) is 1. The zero-order chi connectivity index (χ0) is 19.4. The van der Waals surface area contributed by atoms with Crippen LogP contribution in [0.3, 0.4) is 0 Å². The van der Waals surface area contributed by atoms with Crippen LogP contribution in [0.1, 0.15) is 38.4 Å². The van der Waals surface area contributed by atoms with Gasteiger partial charge >= 0.3 is 0 Å². The van der Waals surface area contributed by atoms with Gasteiger partial charge in [-0.05, 0) is 30.9 Å². The van der Waals surface area contributed by atoms with Crippen molar-refractivity contribution in [3.05, 3.63) is 41.3 Å². The summed E-state index contributed by atoms with van der Waals surface area (Å²) in [5, 5.41) is 4.31. The van der Waals surface area contributed by atoms with Crippen molar-refractivity contribution in [2.75, 3.05) is 11.9 Å². The second-order valence-electron chi connectivity index (χ2n) is 7.50. The first-order valence-corrected chi connectivity index (χ1v) is 9.81. The van der Waals surface area contributed by atoms with Gasteiger partial charge in [-0.3, -0.25) is 0 Å². The van der Waals surface area contributed by atoms with E-state index in [0.29, 0.717) is 18.4 Å². The minimum atomic E-state index is 0.0965. The number of aromatic nitrogens is 4. The minimum absolute atomic E-state index is 0.0965. The smallest absolute Gasteiger partial charge is 0.227 e. The number of hydrogen-bond donors (Lipinski definition) is 1. The largest absolute Gasteiger partial charge is 0.477 e. The van der Waals surface area contributed by atoms with Crippen LogP contribution < -0.4 is 10.1 Å². The summed E-state index contributed by atoms with van der Waals surface area (Å²) in [6, 6.07) is 5.67. The molecule has 0 spiro atoms. The Hall–Kier alpha value is -2.54. The lowest BCUT2D eigenvalue weighted by molar-refractivity contribution is 0.191. The molecular weight excluding hydrogens is 358 g/mol. The highest BCUT2D eigenvalue weighted by atomic mass is 32.1. The summed E-state index contributed by atoms with van der Waals surface area (Å²) in [5.41, 5.74) is 2.79. The van der Waals surface area contributed by atoms with E-state index in [0.717, 1.165) is 33.4 Å². The first-order valence-electron chi connectivity index (χ1n) is 8.99. The molecule has 27 heavy (non-hydrogen) atoms. The van der Waals surface area contributed by atoms with Crippen LogP contribution in [0.15, 0.2) is 30.6 Å². The first kappa shape index (κ1) is 19.2. The van der Waals surface area contributed by atoms with Crippen LogP contribution in [-0.2, 0) is 6.42 Å². The van der Waals surface area contributed by atoms with Crippen molar-refractivity contribution in [3.63, 3.8) is 0 Å². The molecule has 7 heteroatoms. The molecule has 3 aromatic heterocycles. The predicted octanol–water partition coefficient (Wildman–Crippen LogP) is 5.03. The Morgan fingerprint density at radius 2 is 1.93 bits per heavy atom.